The second kappa shape index (κ2) is 9.24. The van der Waals surface area contributed by atoms with Crippen LogP contribution in [-0.4, -0.2) is 60.3 Å². The van der Waals surface area contributed by atoms with Gasteiger partial charge in [-0.2, -0.15) is 0 Å². The molecule has 0 radical (unpaired) electrons. The van der Waals surface area contributed by atoms with E-state index in [1.165, 1.54) is 6.07 Å². The Morgan fingerprint density at radius 2 is 1.75 bits per heavy atom. The number of hydrogen-bond acceptors (Lipinski definition) is 5. The van der Waals surface area contributed by atoms with Crippen LogP contribution in [0.5, 0.6) is 0 Å². The Labute approximate surface area is 172 Å². The van der Waals surface area contributed by atoms with Crippen molar-refractivity contribution in [3.63, 3.8) is 0 Å². The highest BCUT2D eigenvalue weighted by Gasteiger charge is 2.26. The Morgan fingerprint density at radius 3 is 2.36 bits per heavy atom. The van der Waals surface area contributed by atoms with Crippen molar-refractivity contribution in [3.8, 4) is 0 Å². The van der Waals surface area contributed by atoms with Crippen LogP contribution >= 0.6 is 11.6 Å². The number of nitrogens with zero attached hydrogens (tertiary/aromatic N) is 2. The molecule has 152 valence electrons. The predicted octanol–water partition coefficient (Wildman–Crippen LogP) is 2.76. The monoisotopic (exact) mass is 423 g/mol. The number of anilines is 1. The Hall–Kier alpha value is -1.64. The third-order valence-electron chi connectivity index (χ3n) is 4.87. The van der Waals surface area contributed by atoms with Crippen LogP contribution in [0.1, 0.15) is 11.6 Å². The molecular weight excluding hydrogens is 398 g/mol. The zero-order valence-corrected chi connectivity index (χ0v) is 17.7. The minimum atomic E-state index is -3.70. The molecule has 1 N–H and O–H groups in total. The fourth-order valence-corrected chi connectivity index (χ4v) is 4.83. The zero-order chi connectivity index (χ0) is 20.1. The van der Waals surface area contributed by atoms with Crippen molar-refractivity contribution in [1.82, 2.24) is 9.62 Å². The Balaban J connectivity index is 1.82. The largest absolute Gasteiger partial charge is 0.379 e. The van der Waals surface area contributed by atoms with E-state index in [-0.39, 0.29) is 22.5 Å². The molecule has 2 aromatic carbocycles. The van der Waals surface area contributed by atoms with Gasteiger partial charge < -0.3 is 9.64 Å². The van der Waals surface area contributed by atoms with Crippen LogP contribution in [0.4, 0.5) is 5.69 Å². The van der Waals surface area contributed by atoms with E-state index in [1.54, 1.807) is 18.2 Å². The summed E-state index contributed by atoms with van der Waals surface area (Å²) in [4.78, 5) is 4.39. The number of halogens is 1. The number of ether oxygens (including phenoxy) is 1. The van der Waals surface area contributed by atoms with E-state index in [0.717, 1.165) is 24.3 Å². The minimum Gasteiger partial charge on any atom is -0.379 e. The lowest BCUT2D eigenvalue weighted by Crippen LogP contribution is -2.43. The lowest BCUT2D eigenvalue weighted by Gasteiger charge is -2.35. The average Bonchev–Trinajstić information content (AvgIpc) is 2.69. The molecule has 1 aliphatic heterocycles. The standard InChI is InChI=1S/C20H26ClN3O3S/c1-23(2)17-9-7-16(8-10-17)19(24-11-13-27-14-12-24)15-22-28(25,26)20-6-4-3-5-18(20)21/h3-10,19,22H,11-15H2,1-2H3/t19-/m0/s1. The third-order valence-corrected chi connectivity index (χ3v) is 6.80. The highest BCUT2D eigenvalue weighted by Crippen LogP contribution is 2.25. The lowest BCUT2D eigenvalue weighted by atomic mass is 10.0. The summed E-state index contributed by atoms with van der Waals surface area (Å²) < 4.78 is 33.7. The fourth-order valence-electron chi connectivity index (χ4n) is 3.27. The second-order valence-electron chi connectivity index (χ2n) is 6.93. The fraction of sp³-hybridized carbons (Fsp3) is 0.400. The first kappa shape index (κ1) is 21.1. The average molecular weight is 424 g/mol. The van der Waals surface area contributed by atoms with Crippen LogP contribution in [0, 0.1) is 0 Å². The van der Waals surface area contributed by atoms with Gasteiger partial charge >= 0.3 is 0 Å². The van der Waals surface area contributed by atoms with Crippen LogP contribution in [0.15, 0.2) is 53.4 Å². The van der Waals surface area contributed by atoms with E-state index in [2.05, 4.69) is 21.8 Å². The number of rotatable bonds is 7. The number of nitrogens with one attached hydrogen (secondary N) is 1. The molecule has 28 heavy (non-hydrogen) atoms. The minimum absolute atomic E-state index is 0.0858. The molecule has 0 unspecified atom stereocenters. The van der Waals surface area contributed by atoms with Crippen LogP contribution in [-0.2, 0) is 14.8 Å². The molecule has 0 aliphatic carbocycles. The SMILES string of the molecule is CN(C)c1ccc([C@H](CNS(=O)(=O)c2ccccc2Cl)N2CCOCC2)cc1. The van der Waals surface area contributed by atoms with E-state index in [9.17, 15) is 8.42 Å². The second-order valence-corrected chi connectivity index (χ2v) is 9.07. The maximum absolute atomic E-state index is 12.8. The van der Waals surface area contributed by atoms with Gasteiger partial charge in [0, 0.05) is 45.5 Å². The van der Waals surface area contributed by atoms with Crippen molar-refractivity contribution >= 4 is 27.3 Å². The summed E-state index contributed by atoms with van der Waals surface area (Å²) in [6.07, 6.45) is 0. The van der Waals surface area contributed by atoms with Crippen molar-refractivity contribution in [2.45, 2.75) is 10.9 Å². The summed E-state index contributed by atoms with van der Waals surface area (Å²) in [7, 11) is 0.282. The number of sulfonamides is 1. The lowest BCUT2D eigenvalue weighted by molar-refractivity contribution is 0.0172. The van der Waals surface area contributed by atoms with Crippen LogP contribution in [0.2, 0.25) is 5.02 Å². The molecule has 1 atom stereocenters. The van der Waals surface area contributed by atoms with Crippen molar-refractivity contribution < 1.29 is 13.2 Å². The van der Waals surface area contributed by atoms with E-state index in [1.807, 2.05) is 31.1 Å². The summed E-state index contributed by atoms with van der Waals surface area (Å²) in [6.45, 7) is 3.06. The molecule has 0 amide bonds. The van der Waals surface area contributed by atoms with Gasteiger partial charge in [0.05, 0.1) is 18.2 Å². The third kappa shape index (κ3) is 5.04. The van der Waals surface area contributed by atoms with Gasteiger partial charge in [-0.15, -0.1) is 0 Å². The smallest absolute Gasteiger partial charge is 0.242 e. The maximum atomic E-state index is 12.8. The molecule has 0 saturated carbocycles. The molecule has 6 nitrogen and oxygen atoms in total. The molecule has 2 aromatic rings. The summed E-state index contributed by atoms with van der Waals surface area (Å²) >= 11 is 6.09. The topological polar surface area (TPSA) is 61.9 Å². The molecule has 3 rings (SSSR count). The highest BCUT2D eigenvalue weighted by atomic mass is 35.5. The molecule has 0 aromatic heterocycles. The first-order chi connectivity index (χ1) is 13.4. The van der Waals surface area contributed by atoms with Crippen LogP contribution in [0.25, 0.3) is 0 Å². The normalized spacial score (nSPS) is 16.7. The number of benzene rings is 2. The number of hydrogen-bond donors (Lipinski definition) is 1. The van der Waals surface area contributed by atoms with Gasteiger partial charge in [0.2, 0.25) is 10.0 Å². The molecule has 1 saturated heterocycles. The first-order valence-electron chi connectivity index (χ1n) is 9.22. The highest BCUT2D eigenvalue weighted by molar-refractivity contribution is 7.89. The van der Waals surface area contributed by atoms with Gasteiger partial charge in [-0.25, -0.2) is 13.1 Å². The number of morpholine rings is 1. The van der Waals surface area contributed by atoms with Gasteiger partial charge in [0.25, 0.3) is 0 Å². The quantitative estimate of drug-likeness (QED) is 0.742. The van der Waals surface area contributed by atoms with Crippen molar-refractivity contribution in [1.29, 1.82) is 0 Å². The van der Waals surface area contributed by atoms with Crippen LogP contribution in [0.3, 0.4) is 0 Å². The Bertz CT molecular complexity index is 882. The molecule has 1 heterocycles. The molecule has 0 spiro atoms. The summed E-state index contributed by atoms with van der Waals surface area (Å²) in [5.74, 6) is 0. The first-order valence-corrected chi connectivity index (χ1v) is 11.1. The van der Waals surface area contributed by atoms with Gasteiger partial charge in [-0.1, -0.05) is 35.9 Å². The van der Waals surface area contributed by atoms with Crippen molar-refractivity contribution in [3.05, 3.63) is 59.1 Å². The van der Waals surface area contributed by atoms with E-state index < -0.39 is 10.0 Å². The zero-order valence-electron chi connectivity index (χ0n) is 16.1. The molecule has 1 fully saturated rings. The molecule has 1 aliphatic rings. The van der Waals surface area contributed by atoms with Crippen molar-refractivity contribution in [2.24, 2.45) is 0 Å². The van der Waals surface area contributed by atoms with E-state index in [0.29, 0.717) is 13.2 Å². The van der Waals surface area contributed by atoms with E-state index >= 15 is 0 Å². The Kier molecular flexibility index (Phi) is 6.95. The van der Waals surface area contributed by atoms with Gasteiger partial charge in [0.15, 0.2) is 0 Å². The van der Waals surface area contributed by atoms with Gasteiger partial charge in [0.1, 0.15) is 4.90 Å². The van der Waals surface area contributed by atoms with Gasteiger partial charge in [-0.05, 0) is 29.8 Å². The van der Waals surface area contributed by atoms with E-state index in [4.69, 9.17) is 16.3 Å². The maximum Gasteiger partial charge on any atom is 0.242 e. The summed E-state index contributed by atoms with van der Waals surface area (Å²) in [5, 5.41) is 0.216. The Morgan fingerprint density at radius 1 is 1.11 bits per heavy atom. The summed E-state index contributed by atoms with van der Waals surface area (Å²) in [5.41, 5.74) is 2.16. The molecule has 0 bridgehead atoms. The molecule has 8 heteroatoms. The van der Waals surface area contributed by atoms with Crippen molar-refractivity contribution in [2.75, 3.05) is 51.8 Å². The predicted molar refractivity (Wildman–Crippen MR) is 113 cm³/mol. The van der Waals surface area contributed by atoms with Gasteiger partial charge in [-0.3, -0.25) is 4.90 Å². The summed E-state index contributed by atoms with van der Waals surface area (Å²) in [6, 6.07) is 14.6. The van der Waals surface area contributed by atoms with Crippen LogP contribution < -0.4 is 9.62 Å². The molecular formula is C20H26ClN3O3S.